The molecule has 1 aromatic rings. The Labute approximate surface area is 173 Å². The van der Waals surface area contributed by atoms with Crippen molar-refractivity contribution in [1.29, 1.82) is 0 Å². The number of anilines is 1. The first-order chi connectivity index (χ1) is 14.0. The molecular formula is C23H33N3O3. The van der Waals surface area contributed by atoms with E-state index in [-0.39, 0.29) is 29.6 Å². The average Bonchev–Trinajstić information content (AvgIpc) is 3.47. The molecule has 29 heavy (non-hydrogen) atoms. The molecule has 0 unspecified atom stereocenters. The van der Waals surface area contributed by atoms with Crippen molar-refractivity contribution in [1.82, 2.24) is 10.2 Å². The van der Waals surface area contributed by atoms with Gasteiger partial charge >= 0.3 is 6.03 Å². The molecule has 0 radical (unpaired) electrons. The van der Waals surface area contributed by atoms with Gasteiger partial charge in [0.15, 0.2) is 0 Å². The smallest absolute Gasteiger partial charge is 0.321 e. The number of likely N-dealkylation sites (tertiary alicyclic amines) is 1. The lowest BCUT2D eigenvalue weighted by molar-refractivity contribution is -0.146. The molecule has 1 saturated carbocycles. The third-order valence-corrected chi connectivity index (χ3v) is 6.86. The van der Waals surface area contributed by atoms with Gasteiger partial charge in [0.25, 0.3) is 0 Å². The minimum absolute atomic E-state index is 0.0386. The summed E-state index contributed by atoms with van der Waals surface area (Å²) in [6, 6.07) is 7.94. The zero-order chi connectivity index (χ0) is 20.4. The van der Waals surface area contributed by atoms with Gasteiger partial charge in [0.2, 0.25) is 5.91 Å². The van der Waals surface area contributed by atoms with Gasteiger partial charge in [0, 0.05) is 31.2 Å². The summed E-state index contributed by atoms with van der Waals surface area (Å²) >= 11 is 0. The second kappa shape index (κ2) is 8.34. The van der Waals surface area contributed by atoms with E-state index in [1.54, 1.807) is 0 Å². The summed E-state index contributed by atoms with van der Waals surface area (Å²) in [6.07, 6.45) is 5.55. The molecular weight excluding hydrogens is 366 g/mol. The van der Waals surface area contributed by atoms with Crippen LogP contribution in [0.5, 0.6) is 0 Å². The number of carbonyl (C=O) groups is 2. The molecule has 6 heteroatoms. The monoisotopic (exact) mass is 399 g/mol. The number of hydrogen-bond donors (Lipinski definition) is 2. The van der Waals surface area contributed by atoms with E-state index >= 15 is 0 Å². The molecule has 1 spiro atoms. The SMILES string of the molecule is CCc1ccc(NC(=O)N2CC[C@]3(CC[C@H](C(=O)NCC4CC4)O3)[C@H](C)C2)cc1. The quantitative estimate of drug-likeness (QED) is 0.795. The molecule has 3 amide bonds. The number of amides is 3. The topological polar surface area (TPSA) is 70.7 Å². The number of piperidine rings is 1. The molecule has 3 atom stereocenters. The number of rotatable bonds is 5. The first kappa shape index (κ1) is 20.2. The van der Waals surface area contributed by atoms with Crippen LogP contribution in [-0.4, -0.2) is 48.2 Å². The maximum absolute atomic E-state index is 12.7. The largest absolute Gasteiger partial charge is 0.362 e. The van der Waals surface area contributed by atoms with E-state index in [0.29, 0.717) is 19.0 Å². The number of hydrogen-bond acceptors (Lipinski definition) is 3. The van der Waals surface area contributed by atoms with E-state index in [9.17, 15) is 9.59 Å². The predicted molar refractivity (Wildman–Crippen MR) is 113 cm³/mol. The minimum atomic E-state index is -0.339. The minimum Gasteiger partial charge on any atom is -0.362 e. The van der Waals surface area contributed by atoms with Gasteiger partial charge in [-0.3, -0.25) is 4.79 Å². The Morgan fingerprint density at radius 3 is 2.59 bits per heavy atom. The number of ether oxygens (including phenoxy) is 1. The number of urea groups is 1. The van der Waals surface area contributed by atoms with Gasteiger partial charge in [-0.2, -0.15) is 0 Å². The Kier molecular flexibility index (Phi) is 5.81. The van der Waals surface area contributed by atoms with Crippen LogP contribution in [0.1, 0.15) is 51.5 Å². The summed E-state index contributed by atoms with van der Waals surface area (Å²) in [5.41, 5.74) is 1.80. The van der Waals surface area contributed by atoms with Crippen molar-refractivity contribution >= 4 is 17.6 Å². The fourth-order valence-corrected chi connectivity index (χ4v) is 4.56. The van der Waals surface area contributed by atoms with Gasteiger partial charge in [0.05, 0.1) is 5.60 Å². The third-order valence-electron chi connectivity index (χ3n) is 6.86. The van der Waals surface area contributed by atoms with Crippen molar-refractivity contribution in [2.75, 3.05) is 25.0 Å². The van der Waals surface area contributed by atoms with Crippen LogP contribution < -0.4 is 10.6 Å². The number of nitrogens with one attached hydrogen (secondary N) is 2. The molecule has 2 saturated heterocycles. The van der Waals surface area contributed by atoms with Crippen molar-refractivity contribution in [3.05, 3.63) is 29.8 Å². The van der Waals surface area contributed by atoms with Crippen LogP contribution in [0, 0.1) is 11.8 Å². The lowest BCUT2D eigenvalue weighted by Crippen LogP contribution is -2.54. The summed E-state index contributed by atoms with van der Waals surface area (Å²) in [4.78, 5) is 27.0. The van der Waals surface area contributed by atoms with Gasteiger partial charge < -0.3 is 20.3 Å². The number of carbonyl (C=O) groups excluding carboxylic acids is 2. The Morgan fingerprint density at radius 1 is 1.17 bits per heavy atom. The lowest BCUT2D eigenvalue weighted by atomic mass is 9.80. The molecule has 0 aromatic heterocycles. The molecule has 3 fully saturated rings. The van der Waals surface area contributed by atoms with E-state index in [1.165, 1.54) is 18.4 Å². The van der Waals surface area contributed by atoms with Crippen molar-refractivity contribution in [2.24, 2.45) is 11.8 Å². The van der Waals surface area contributed by atoms with Gasteiger partial charge in [-0.15, -0.1) is 0 Å². The van der Waals surface area contributed by atoms with Crippen LogP contribution in [0.25, 0.3) is 0 Å². The van der Waals surface area contributed by atoms with E-state index in [1.807, 2.05) is 29.2 Å². The maximum Gasteiger partial charge on any atom is 0.321 e. The second-order valence-corrected chi connectivity index (χ2v) is 8.98. The summed E-state index contributed by atoms with van der Waals surface area (Å²) in [5, 5.41) is 6.05. The highest BCUT2D eigenvalue weighted by Crippen LogP contribution is 2.42. The van der Waals surface area contributed by atoms with E-state index < -0.39 is 0 Å². The second-order valence-electron chi connectivity index (χ2n) is 8.98. The Bertz CT molecular complexity index is 746. The number of benzene rings is 1. The zero-order valence-electron chi connectivity index (χ0n) is 17.6. The van der Waals surface area contributed by atoms with Crippen LogP contribution >= 0.6 is 0 Å². The average molecular weight is 400 g/mol. The molecule has 2 N–H and O–H groups in total. The molecule has 2 aliphatic heterocycles. The van der Waals surface area contributed by atoms with Crippen LogP contribution in [0.2, 0.25) is 0 Å². The van der Waals surface area contributed by atoms with E-state index in [4.69, 9.17) is 4.74 Å². The van der Waals surface area contributed by atoms with E-state index in [2.05, 4.69) is 24.5 Å². The van der Waals surface area contributed by atoms with Crippen LogP contribution in [0.15, 0.2) is 24.3 Å². The fourth-order valence-electron chi connectivity index (χ4n) is 4.56. The van der Waals surface area contributed by atoms with E-state index in [0.717, 1.165) is 37.9 Å². The van der Waals surface area contributed by atoms with Crippen molar-refractivity contribution in [3.63, 3.8) is 0 Å². The van der Waals surface area contributed by atoms with Gasteiger partial charge in [-0.05, 0) is 62.1 Å². The van der Waals surface area contributed by atoms with Crippen LogP contribution in [-0.2, 0) is 16.0 Å². The molecule has 4 rings (SSSR count). The highest BCUT2D eigenvalue weighted by molar-refractivity contribution is 5.89. The number of aryl methyl sites for hydroxylation is 1. The Balaban J connectivity index is 1.29. The predicted octanol–water partition coefficient (Wildman–Crippen LogP) is 3.57. The summed E-state index contributed by atoms with van der Waals surface area (Å²) in [7, 11) is 0. The summed E-state index contributed by atoms with van der Waals surface area (Å²) < 4.78 is 6.32. The van der Waals surface area contributed by atoms with Crippen molar-refractivity contribution in [3.8, 4) is 0 Å². The summed E-state index contributed by atoms with van der Waals surface area (Å²) in [5.74, 6) is 0.913. The molecule has 3 aliphatic rings. The number of nitrogens with zero attached hydrogens (tertiary/aromatic N) is 1. The standard InChI is InChI=1S/C23H33N3O3/c1-3-17-6-8-19(9-7-17)25-22(28)26-13-12-23(16(2)15-26)11-10-20(29-23)21(27)24-14-18-4-5-18/h6-9,16,18,20H,3-5,10-15H2,1-2H3,(H,24,27)(H,25,28)/t16-,20-,23-/m1/s1. The van der Waals surface area contributed by atoms with Crippen LogP contribution in [0.4, 0.5) is 10.5 Å². The zero-order valence-corrected chi connectivity index (χ0v) is 17.6. The Morgan fingerprint density at radius 2 is 1.93 bits per heavy atom. The van der Waals surface area contributed by atoms with Gasteiger partial charge in [-0.1, -0.05) is 26.0 Å². The fraction of sp³-hybridized carbons (Fsp3) is 0.652. The van der Waals surface area contributed by atoms with Crippen LogP contribution in [0.3, 0.4) is 0 Å². The normalized spacial score (nSPS) is 29.1. The maximum atomic E-state index is 12.7. The van der Waals surface area contributed by atoms with Crippen molar-refractivity contribution in [2.45, 2.75) is 64.1 Å². The van der Waals surface area contributed by atoms with Gasteiger partial charge in [0.1, 0.15) is 6.10 Å². The first-order valence-electron chi connectivity index (χ1n) is 11.1. The lowest BCUT2D eigenvalue weighted by Gasteiger charge is -2.44. The van der Waals surface area contributed by atoms with Gasteiger partial charge in [-0.25, -0.2) is 4.79 Å². The first-order valence-corrected chi connectivity index (χ1v) is 11.1. The molecule has 1 aromatic carbocycles. The molecule has 6 nitrogen and oxygen atoms in total. The molecule has 0 bridgehead atoms. The Hall–Kier alpha value is -2.08. The summed E-state index contributed by atoms with van der Waals surface area (Å²) in [6.45, 7) is 6.34. The molecule has 2 heterocycles. The highest BCUT2D eigenvalue weighted by Gasteiger charge is 2.49. The third kappa shape index (κ3) is 4.58. The van der Waals surface area contributed by atoms with Crippen molar-refractivity contribution < 1.29 is 14.3 Å². The highest BCUT2D eigenvalue weighted by atomic mass is 16.5. The molecule has 158 valence electrons. The molecule has 1 aliphatic carbocycles.